The van der Waals surface area contributed by atoms with E-state index in [1.807, 2.05) is 4.90 Å². The van der Waals surface area contributed by atoms with Gasteiger partial charge in [0.15, 0.2) is 10.9 Å². The predicted molar refractivity (Wildman–Crippen MR) is 169 cm³/mol. The number of pyridine rings is 1. The molecule has 7 heterocycles. The minimum absolute atomic E-state index is 0.0540. The minimum Gasteiger partial charge on any atom is -0.467 e. The molecule has 1 amide bonds. The molecular formula is C30H34F3N9O3S. The Hall–Kier alpha value is -4.02. The molecule has 0 saturated carbocycles. The standard InChI is InChI=1S/C23H22F2N8O3S.C7H12FN/c1-36-23-30-17-14(20(31-23)32-6-9-2-3-10(7-32)28-9)21(35)33(8-13(26)34)18(15(17)25)11-4-5-12(24)19-16(11)29-22(27)37-19;8-6-4-7-2-1-3-9(7)5-6/h4-5,9-10,28H,2-3,6-8H2,1H3,(H2,26,34)(H2,27,29);6-7H,1-5H2. The fourth-order valence-electron chi connectivity index (χ4n) is 7.32. The molecular weight excluding hydrogens is 623 g/mol. The quantitative estimate of drug-likeness (QED) is 0.291. The number of fused-ring (bicyclic) bond motifs is 5. The zero-order valence-electron chi connectivity index (χ0n) is 25.1. The van der Waals surface area contributed by atoms with Crippen LogP contribution in [-0.2, 0) is 11.3 Å². The Morgan fingerprint density at radius 1 is 1.11 bits per heavy atom. The van der Waals surface area contributed by atoms with Crippen LogP contribution in [0.4, 0.5) is 24.1 Å². The first-order valence-electron chi connectivity index (χ1n) is 15.3. The monoisotopic (exact) mass is 657 g/mol. The summed E-state index contributed by atoms with van der Waals surface area (Å²) in [6.07, 6.45) is 4.76. The van der Waals surface area contributed by atoms with Gasteiger partial charge in [0.1, 0.15) is 35.3 Å². The molecule has 244 valence electrons. The number of carbonyl (C=O) groups is 1. The molecule has 1 aromatic carbocycles. The summed E-state index contributed by atoms with van der Waals surface area (Å²) >= 11 is 0.887. The highest BCUT2D eigenvalue weighted by Crippen LogP contribution is 2.38. The number of thiazole rings is 1. The number of alkyl halides is 1. The zero-order chi connectivity index (χ0) is 32.3. The molecule has 5 N–H and O–H groups in total. The maximum absolute atomic E-state index is 16.5. The van der Waals surface area contributed by atoms with Crippen LogP contribution in [0.3, 0.4) is 0 Å². The number of nitrogens with one attached hydrogen (secondary N) is 1. The van der Waals surface area contributed by atoms with Crippen molar-refractivity contribution in [2.75, 3.05) is 43.9 Å². The van der Waals surface area contributed by atoms with Gasteiger partial charge in [-0.25, -0.2) is 18.2 Å². The fraction of sp³-hybridized carbons (Fsp3) is 0.500. The van der Waals surface area contributed by atoms with E-state index in [0.717, 1.165) is 47.8 Å². The SMILES string of the molecule is COc1nc(N2CC3CCC(C2)N3)c2c(=O)n(CC(N)=O)c(-c3ccc(F)c4sc(N)nc34)c(F)c2n1.FC1CC2CCCN2C1. The number of carbonyl (C=O) groups excluding carboxylic acids is 1. The molecule has 0 radical (unpaired) electrons. The van der Waals surface area contributed by atoms with Crippen molar-refractivity contribution in [2.24, 2.45) is 5.73 Å². The van der Waals surface area contributed by atoms with Crippen molar-refractivity contribution in [1.82, 2.24) is 29.7 Å². The number of rotatable bonds is 5. The smallest absolute Gasteiger partial charge is 0.318 e. The van der Waals surface area contributed by atoms with Gasteiger partial charge in [-0.15, -0.1) is 0 Å². The molecule has 4 aliphatic rings. The van der Waals surface area contributed by atoms with Crippen molar-refractivity contribution in [2.45, 2.75) is 62.9 Å². The first-order chi connectivity index (χ1) is 22.1. The van der Waals surface area contributed by atoms with E-state index in [4.69, 9.17) is 16.2 Å². The van der Waals surface area contributed by atoms with E-state index in [9.17, 15) is 18.4 Å². The summed E-state index contributed by atoms with van der Waals surface area (Å²) in [5.41, 5.74) is 10.1. The van der Waals surface area contributed by atoms with Crippen molar-refractivity contribution in [1.29, 1.82) is 0 Å². The molecule has 4 aromatic rings. The van der Waals surface area contributed by atoms with Gasteiger partial charge >= 0.3 is 6.01 Å². The number of hydrogen-bond donors (Lipinski definition) is 3. The first kappa shape index (κ1) is 30.6. The number of benzene rings is 1. The van der Waals surface area contributed by atoms with Crippen LogP contribution >= 0.6 is 11.3 Å². The Bertz CT molecular complexity index is 1880. The van der Waals surface area contributed by atoms with E-state index in [0.29, 0.717) is 25.7 Å². The van der Waals surface area contributed by atoms with Gasteiger partial charge in [0, 0.05) is 43.3 Å². The van der Waals surface area contributed by atoms with Crippen LogP contribution in [0.15, 0.2) is 16.9 Å². The number of methoxy groups -OCH3 is 1. The number of piperazine rings is 1. The van der Waals surface area contributed by atoms with Gasteiger partial charge in [-0.3, -0.25) is 19.1 Å². The van der Waals surface area contributed by atoms with E-state index in [1.165, 1.54) is 26.0 Å². The lowest BCUT2D eigenvalue weighted by molar-refractivity contribution is -0.118. The van der Waals surface area contributed by atoms with Crippen LogP contribution in [0.5, 0.6) is 6.01 Å². The summed E-state index contributed by atoms with van der Waals surface area (Å²) in [7, 11) is 1.35. The molecule has 16 heteroatoms. The number of amides is 1. The average Bonchev–Trinajstić information content (AvgIpc) is 3.80. The van der Waals surface area contributed by atoms with E-state index in [1.54, 1.807) is 0 Å². The predicted octanol–water partition coefficient (Wildman–Crippen LogP) is 2.56. The summed E-state index contributed by atoms with van der Waals surface area (Å²) in [5, 5.41) is 3.47. The van der Waals surface area contributed by atoms with Crippen LogP contribution in [0, 0.1) is 11.6 Å². The minimum atomic E-state index is -0.921. The maximum atomic E-state index is 16.5. The topological polar surface area (TPSA) is 158 Å². The van der Waals surface area contributed by atoms with Gasteiger partial charge in [0.25, 0.3) is 5.56 Å². The highest BCUT2D eigenvalue weighted by molar-refractivity contribution is 7.22. The van der Waals surface area contributed by atoms with Gasteiger partial charge < -0.3 is 26.4 Å². The highest BCUT2D eigenvalue weighted by atomic mass is 32.1. The summed E-state index contributed by atoms with van der Waals surface area (Å²) in [5.74, 6) is -2.17. The Balaban J connectivity index is 0.000000321. The van der Waals surface area contributed by atoms with Crippen molar-refractivity contribution < 1.29 is 22.7 Å². The van der Waals surface area contributed by atoms with Crippen molar-refractivity contribution in [3.05, 3.63) is 34.1 Å². The molecule has 46 heavy (non-hydrogen) atoms. The van der Waals surface area contributed by atoms with Gasteiger partial charge in [-0.2, -0.15) is 9.97 Å². The van der Waals surface area contributed by atoms with Crippen molar-refractivity contribution in [3.63, 3.8) is 0 Å². The Labute approximate surface area is 265 Å². The Kier molecular flexibility index (Phi) is 7.97. The molecule has 4 aliphatic heterocycles. The maximum Gasteiger partial charge on any atom is 0.318 e. The number of nitrogens with two attached hydrogens (primary N) is 2. The fourth-order valence-corrected chi connectivity index (χ4v) is 8.09. The molecule has 0 spiro atoms. The van der Waals surface area contributed by atoms with Gasteiger partial charge in [-0.1, -0.05) is 11.3 Å². The number of ether oxygens (including phenoxy) is 1. The summed E-state index contributed by atoms with van der Waals surface area (Å²) in [4.78, 5) is 42.9. The lowest BCUT2D eigenvalue weighted by atomic mass is 10.1. The van der Waals surface area contributed by atoms with Crippen LogP contribution in [0.25, 0.3) is 32.4 Å². The van der Waals surface area contributed by atoms with Crippen LogP contribution in [-0.4, -0.2) is 87.9 Å². The van der Waals surface area contributed by atoms with E-state index in [-0.39, 0.29) is 61.4 Å². The van der Waals surface area contributed by atoms with Crippen LogP contribution in [0.2, 0.25) is 0 Å². The molecule has 3 aromatic heterocycles. The largest absolute Gasteiger partial charge is 0.467 e. The molecule has 8 rings (SSSR count). The molecule has 4 saturated heterocycles. The number of anilines is 2. The van der Waals surface area contributed by atoms with Gasteiger partial charge in [-0.05, 0) is 50.8 Å². The lowest BCUT2D eigenvalue weighted by Crippen LogP contribution is -2.51. The second-order valence-corrected chi connectivity index (χ2v) is 13.3. The molecule has 4 unspecified atom stereocenters. The third-order valence-electron chi connectivity index (χ3n) is 9.25. The summed E-state index contributed by atoms with van der Waals surface area (Å²) in [6.45, 7) is 2.34. The van der Waals surface area contributed by atoms with Crippen molar-refractivity contribution >= 4 is 49.3 Å². The van der Waals surface area contributed by atoms with E-state index >= 15 is 4.39 Å². The van der Waals surface area contributed by atoms with Gasteiger partial charge in [0.2, 0.25) is 5.91 Å². The second-order valence-electron chi connectivity index (χ2n) is 12.3. The number of hydrogen-bond acceptors (Lipinski definition) is 11. The van der Waals surface area contributed by atoms with Crippen LogP contribution < -0.4 is 32.0 Å². The van der Waals surface area contributed by atoms with E-state index in [2.05, 4.69) is 25.2 Å². The number of nitrogen functional groups attached to an aromatic ring is 1. The molecule has 4 fully saturated rings. The number of primary amides is 1. The Morgan fingerprint density at radius 2 is 1.87 bits per heavy atom. The molecule has 2 bridgehead atoms. The van der Waals surface area contributed by atoms with E-state index < -0.39 is 35.8 Å². The van der Waals surface area contributed by atoms with Gasteiger partial charge in [0.05, 0.1) is 23.0 Å². The first-order valence-corrected chi connectivity index (χ1v) is 16.1. The number of nitrogens with zero attached hydrogens (tertiary/aromatic N) is 6. The number of aromatic nitrogens is 4. The highest BCUT2D eigenvalue weighted by Gasteiger charge is 2.36. The van der Waals surface area contributed by atoms with Crippen molar-refractivity contribution in [3.8, 4) is 17.3 Å². The van der Waals surface area contributed by atoms with Crippen LogP contribution in [0.1, 0.15) is 32.1 Å². The lowest BCUT2D eigenvalue weighted by Gasteiger charge is -2.34. The second kappa shape index (κ2) is 12.0. The third kappa shape index (κ3) is 5.41. The molecule has 0 aliphatic carbocycles. The zero-order valence-corrected chi connectivity index (χ0v) is 26.0. The Morgan fingerprint density at radius 3 is 2.57 bits per heavy atom. The number of halogens is 3. The summed E-state index contributed by atoms with van der Waals surface area (Å²) < 4.78 is 49.8. The normalized spacial score (nSPS) is 24.0. The molecule has 4 atom stereocenters. The molecule has 12 nitrogen and oxygen atoms in total. The third-order valence-corrected chi connectivity index (χ3v) is 10.1. The average molecular weight is 658 g/mol. The summed E-state index contributed by atoms with van der Waals surface area (Å²) in [6, 6.07) is 3.31.